The SMILES string of the molecule is Cc1cc(COC(=O)c2ccc3nncn3c2)c(C)o1. The van der Waals surface area contributed by atoms with Crippen LogP contribution in [0.15, 0.2) is 35.1 Å². The zero-order valence-electron chi connectivity index (χ0n) is 11.2. The van der Waals surface area contributed by atoms with E-state index in [1.54, 1.807) is 22.7 Å². The molecule has 0 atom stereocenters. The summed E-state index contributed by atoms with van der Waals surface area (Å²) in [5, 5.41) is 7.63. The molecule has 102 valence electrons. The summed E-state index contributed by atoms with van der Waals surface area (Å²) in [6, 6.07) is 5.25. The van der Waals surface area contributed by atoms with Crippen molar-refractivity contribution >= 4 is 11.6 Å². The maximum Gasteiger partial charge on any atom is 0.339 e. The van der Waals surface area contributed by atoms with Crippen LogP contribution in [-0.4, -0.2) is 20.6 Å². The first-order chi connectivity index (χ1) is 9.63. The largest absolute Gasteiger partial charge is 0.466 e. The normalized spacial score (nSPS) is 10.9. The predicted octanol–water partition coefficient (Wildman–Crippen LogP) is 2.30. The zero-order chi connectivity index (χ0) is 14.1. The molecule has 0 N–H and O–H groups in total. The van der Waals surface area contributed by atoms with Gasteiger partial charge >= 0.3 is 5.97 Å². The summed E-state index contributed by atoms with van der Waals surface area (Å²) in [4.78, 5) is 12.0. The van der Waals surface area contributed by atoms with Gasteiger partial charge in [-0.25, -0.2) is 4.79 Å². The van der Waals surface area contributed by atoms with Gasteiger partial charge in [0.05, 0.1) is 5.56 Å². The van der Waals surface area contributed by atoms with Crippen LogP contribution in [0.3, 0.4) is 0 Å². The third-order valence-electron chi connectivity index (χ3n) is 3.03. The molecule has 0 aliphatic rings. The molecule has 20 heavy (non-hydrogen) atoms. The summed E-state index contributed by atoms with van der Waals surface area (Å²) in [5.74, 6) is 1.18. The Hall–Kier alpha value is -2.63. The molecule has 0 saturated heterocycles. The Morgan fingerprint density at radius 1 is 1.40 bits per heavy atom. The molecule has 3 aromatic rings. The maximum absolute atomic E-state index is 12.0. The van der Waals surface area contributed by atoms with Gasteiger partial charge in [-0.1, -0.05) is 0 Å². The molecule has 0 saturated carbocycles. The Balaban J connectivity index is 1.74. The van der Waals surface area contributed by atoms with Gasteiger partial charge in [0.25, 0.3) is 0 Å². The number of carbonyl (C=O) groups excluding carboxylic acids is 1. The number of rotatable bonds is 3. The van der Waals surface area contributed by atoms with E-state index in [0.717, 1.165) is 17.1 Å². The highest BCUT2D eigenvalue weighted by atomic mass is 16.5. The summed E-state index contributed by atoms with van der Waals surface area (Å²) in [5.41, 5.74) is 2.01. The van der Waals surface area contributed by atoms with E-state index in [4.69, 9.17) is 9.15 Å². The minimum atomic E-state index is -0.390. The highest BCUT2D eigenvalue weighted by Crippen LogP contribution is 2.15. The molecule has 3 aromatic heterocycles. The number of furan rings is 1. The number of fused-ring (bicyclic) bond motifs is 1. The third kappa shape index (κ3) is 2.27. The molecule has 0 aromatic carbocycles. The fraction of sp³-hybridized carbons (Fsp3) is 0.214. The van der Waals surface area contributed by atoms with E-state index >= 15 is 0 Å². The van der Waals surface area contributed by atoms with Crippen LogP contribution in [0.2, 0.25) is 0 Å². The number of ether oxygens (including phenoxy) is 1. The standard InChI is InChI=1S/C14H13N3O3/c1-9-5-12(10(2)20-9)7-19-14(18)11-3-4-13-16-15-8-17(13)6-11/h3-6,8H,7H2,1-2H3. The van der Waals surface area contributed by atoms with Crippen molar-refractivity contribution < 1.29 is 13.9 Å². The van der Waals surface area contributed by atoms with Crippen molar-refractivity contribution in [2.75, 3.05) is 0 Å². The molecule has 0 radical (unpaired) electrons. The van der Waals surface area contributed by atoms with Crippen molar-refractivity contribution in [2.24, 2.45) is 0 Å². The average molecular weight is 271 g/mol. The van der Waals surface area contributed by atoms with Crippen LogP contribution >= 0.6 is 0 Å². The molecule has 6 nitrogen and oxygen atoms in total. The van der Waals surface area contributed by atoms with Crippen LogP contribution in [0.5, 0.6) is 0 Å². The third-order valence-corrected chi connectivity index (χ3v) is 3.03. The second-order valence-corrected chi connectivity index (χ2v) is 4.53. The van der Waals surface area contributed by atoms with Gasteiger partial charge in [-0.15, -0.1) is 10.2 Å². The van der Waals surface area contributed by atoms with Crippen LogP contribution < -0.4 is 0 Å². The van der Waals surface area contributed by atoms with Crippen molar-refractivity contribution in [3.05, 3.63) is 53.4 Å². The first kappa shape index (κ1) is 12.4. The smallest absolute Gasteiger partial charge is 0.339 e. The molecule has 0 unspecified atom stereocenters. The molecule has 0 aliphatic heterocycles. The lowest BCUT2D eigenvalue weighted by atomic mass is 10.2. The van der Waals surface area contributed by atoms with Gasteiger partial charge in [0, 0.05) is 11.8 Å². The number of hydrogen-bond donors (Lipinski definition) is 0. The molecule has 0 fully saturated rings. The van der Waals surface area contributed by atoms with Crippen molar-refractivity contribution in [1.82, 2.24) is 14.6 Å². The first-order valence-corrected chi connectivity index (χ1v) is 6.16. The Morgan fingerprint density at radius 2 is 2.25 bits per heavy atom. The van der Waals surface area contributed by atoms with Gasteiger partial charge < -0.3 is 9.15 Å². The molecule has 0 bridgehead atoms. The zero-order valence-corrected chi connectivity index (χ0v) is 11.2. The van der Waals surface area contributed by atoms with E-state index in [-0.39, 0.29) is 12.6 Å². The summed E-state index contributed by atoms with van der Waals surface area (Å²) >= 11 is 0. The number of esters is 1. The van der Waals surface area contributed by atoms with Crippen LogP contribution in [0, 0.1) is 13.8 Å². The maximum atomic E-state index is 12.0. The first-order valence-electron chi connectivity index (χ1n) is 6.16. The molecule has 3 heterocycles. The second-order valence-electron chi connectivity index (χ2n) is 4.53. The molecule has 0 spiro atoms. The number of aromatic nitrogens is 3. The number of nitrogens with zero attached hydrogens (tertiary/aromatic N) is 3. The molecular weight excluding hydrogens is 258 g/mol. The van der Waals surface area contributed by atoms with Gasteiger partial charge in [0.15, 0.2) is 5.65 Å². The van der Waals surface area contributed by atoms with Crippen molar-refractivity contribution in [3.8, 4) is 0 Å². The highest BCUT2D eigenvalue weighted by molar-refractivity contribution is 5.89. The molecular formula is C14H13N3O3. The van der Waals surface area contributed by atoms with Crippen molar-refractivity contribution in [2.45, 2.75) is 20.5 Å². The van der Waals surface area contributed by atoms with Crippen LogP contribution in [0.4, 0.5) is 0 Å². The molecule has 0 amide bonds. The lowest BCUT2D eigenvalue weighted by Crippen LogP contribution is -2.06. The number of aryl methyl sites for hydroxylation is 2. The monoisotopic (exact) mass is 271 g/mol. The van der Waals surface area contributed by atoms with Crippen LogP contribution in [0.1, 0.15) is 27.4 Å². The fourth-order valence-corrected chi connectivity index (χ4v) is 2.00. The Morgan fingerprint density at radius 3 is 3.00 bits per heavy atom. The highest BCUT2D eigenvalue weighted by Gasteiger charge is 2.11. The van der Waals surface area contributed by atoms with Gasteiger partial charge in [0.1, 0.15) is 24.5 Å². The van der Waals surface area contributed by atoms with Gasteiger partial charge in [-0.05, 0) is 32.0 Å². The van der Waals surface area contributed by atoms with Gasteiger partial charge in [-0.3, -0.25) is 4.40 Å². The summed E-state index contributed by atoms with van der Waals surface area (Å²) in [6.45, 7) is 3.90. The van der Waals surface area contributed by atoms with Crippen LogP contribution in [-0.2, 0) is 11.3 Å². The Labute approximate surface area is 115 Å². The Kier molecular flexibility index (Phi) is 2.98. The van der Waals surface area contributed by atoms with Crippen molar-refractivity contribution in [3.63, 3.8) is 0 Å². The Bertz CT molecular complexity index is 773. The lowest BCUT2D eigenvalue weighted by Gasteiger charge is -2.04. The molecule has 3 rings (SSSR count). The van der Waals surface area contributed by atoms with Crippen LogP contribution in [0.25, 0.3) is 5.65 Å². The molecule has 6 heteroatoms. The van der Waals surface area contributed by atoms with E-state index in [1.165, 1.54) is 6.33 Å². The number of hydrogen-bond acceptors (Lipinski definition) is 5. The number of carbonyl (C=O) groups is 1. The summed E-state index contributed by atoms with van der Waals surface area (Å²) in [7, 11) is 0. The lowest BCUT2D eigenvalue weighted by molar-refractivity contribution is 0.0471. The molecule has 0 aliphatic carbocycles. The van der Waals surface area contributed by atoms with E-state index < -0.39 is 0 Å². The average Bonchev–Trinajstić information content (AvgIpc) is 3.01. The van der Waals surface area contributed by atoms with Crippen molar-refractivity contribution in [1.29, 1.82) is 0 Å². The number of pyridine rings is 1. The van der Waals surface area contributed by atoms with E-state index in [2.05, 4.69) is 10.2 Å². The van der Waals surface area contributed by atoms with E-state index in [0.29, 0.717) is 11.2 Å². The van der Waals surface area contributed by atoms with Gasteiger partial charge in [-0.2, -0.15) is 0 Å². The fourth-order valence-electron chi connectivity index (χ4n) is 2.00. The predicted molar refractivity (Wildman–Crippen MR) is 70.3 cm³/mol. The van der Waals surface area contributed by atoms with Gasteiger partial charge in [0.2, 0.25) is 0 Å². The minimum Gasteiger partial charge on any atom is -0.466 e. The second kappa shape index (κ2) is 4.80. The quantitative estimate of drug-likeness (QED) is 0.683. The minimum absolute atomic E-state index is 0.197. The summed E-state index contributed by atoms with van der Waals surface area (Å²) < 4.78 is 12.3. The summed E-state index contributed by atoms with van der Waals surface area (Å²) in [6.07, 6.45) is 3.18. The van der Waals surface area contributed by atoms with E-state index in [9.17, 15) is 4.79 Å². The topological polar surface area (TPSA) is 69.6 Å². The van der Waals surface area contributed by atoms with E-state index in [1.807, 2.05) is 19.9 Å².